The van der Waals surface area contributed by atoms with Gasteiger partial charge in [-0.15, -0.1) is 0 Å². The standard InChI is InChI=1S/C13H12ClIN2O/c1-2-4-10-11(15)12(14)17-13(16-10)8-5-3-6-9(18)7-8/h3,5-7,18H,2,4H2,1H3. The maximum absolute atomic E-state index is 9.48. The molecule has 0 aliphatic heterocycles. The fraction of sp³-hybridized carbons (Fsp3) is 0.231. The number of halogens is 2. The number of aromatic hydroxyl groups is 1. The molecule has 2 aromatic rings. The Morgan fingerprint density at radius 3 is 2.78 bits per heavy atom. The van der Waals surface area contributed by atoms with Crippen molar-refractivity contribution in [1.82, 2.24) is 9.97 Å². The fourth-order valence-corrected chi connectivity index (χ4v) is 2.34. The van der Waals surface area contributed by atoms with E-state index in [1.807, 2.05) is 6.07 Å². The van der Waals surface area contributed by atoms with Crippen molar-refractivity contribution in [3.63, 3.8) is 0 Å². The second kappa shape index (κ2) is 5.84. The summed E-state index contributed by atoms with van der Waals surface area (Å²) < 4.78 is 0.903. The maximum atomic E-state index is 9.48. The minimum Gasteiger partial charge on any atom is -0.508 e. The van der Waals surface area contributed by atoms with Crippen LogP contribution in [0, 0.1) is 3.57 Å². The van der Waals surface area contributed by atoms with Crippen LogP contribution < -0.4 is 0 Å². The van der Waals surface area contributed by atoms with Gasteiger partial charge in [0.05, 0.1) is 9.26 Å². The van der Waals surface area contributed by atoms with Gasteiger partial charge in [-0.2, -0.15) is 0 Å². The van der Waals surface area contributed by atoms with Crippen LogP contribution in [0.1, 0.15) is 19.0 Å². The molecule has 0 saturated heterocycles. The van der Waals surface area contributed by atoms with Crippen molar-refractivity contribution in [2.75, 3.05) is 0 Å². The van der Waals surface area contributed by atoms with Crippen LogP contribution in [0.5, 0.6) is 5.75 Å². The first-order valence-corrected chi connectivity index (χ1v) is 7.08. The van der Waals surface area contributed by atoms with E-state index in [2.05, 4.69) is 39.5 Å². The van der Waals surface area contributed by atoms with Crippen LogP contribution in [0.25, 0.3) is 11.4 Å². The highest BCUT2D eigenvalue weighted by molar-refractivity contribution is 14.1. The molecule has 0 spiro atoms. The third-order valence-electron chi connectivity index (χ3n) is 2.47. The van der Waals surface area contributed by atoms with E-state index in [1.54, 1.807) is 18.2 Å². The Bertz CT molecular complexity index is 575. The molecule has 1 aromatic carbocycles. The van der Waals surface area contributed by atoms with Crippen LogP contribution in [0.2, 0.25) is 5.15 Å². The van der Waals surface area contributed by atoms with Crippen molar-refractivity contribution in [2.24, 2.45) is 0 Å². The molecule has 0 unspecified atom stereocenters. The topological polar surface area (TPSA) is 46.0 Å². The summed E-state index contributed by atoms with van der Waals surface area (Å²) >= 11 is 8.29. The van der Waals surface area contributed by atoms with Crippen LogP contribution in [0.3, 0.4) is 0 Å². The van der Waals surface area contributed by atoms with Crippen molar-refractivity contribution in [3.8, 4) is 17.1 Å². The van der Waals surface area contributed by atoms with E-state index in [9.17, 15) is 5.11 Å². The summed E-state index contributed by atoms with van der Waals surface area (Å²) in [6.45, 7) is 2.10. The van der Waals surface area contributed by atoms with E-state index in [0.29, 0.717) is 11.0 Å². The van der Waals surface area contributed by atoms with Crippen LogP contribution in [0.15, 0.2) is 24.3 Å². The zero-order valence-electron chi connectivity index (χ0n) is 9.82. The molecule has 0 amide bonds. The number of phenolic OH excluding ortho intramolecular Hbond substituents is 1. The molecule has 1 heterocycles. The third-order valence-corrected chi connectivity index (χ3v) is 4.20. The number of hydrogen-bond acceptors (Lipinski definition) is 3. The van der Waals surface area contributed by atoms with Gasteiger partial charge in [0.2, 0.25) is 0 Å². The summed E-state index contributed by atoms with van der Waals surface area (Å²) in [4.78, 5) is 8.78. The van der Waals surface area contributed by atoms with Gasteiger partial charge in [0.1, 0.15) is 10.9 Å². The molecule has 94 valence electrons. The molecule has 5 heteroatoms. The second-order valence-corrected chi connectivity index (χ2v) is 5.34. The van der Waals surface area contributed by atoms with Crippen molar-refractivity contribution in [2.45, 2.75) is 19.8 Å². The number of aromatic nitrogens is 2. The van der Waals surface area contributed by atoms with Gasteiger partial charge in [0.15, 0.2) is 5.82 Å². The van der Waals surface area contributed by atoms with Crippen LogP contribution >= 0.6 is 34.2 Å². The first-order chi connectivity index (χ1) is 8.61. The molecule has 0 atom stereocenters. The van der Waals surface area contributed by atoms with E-state index in [1.165, 1.54) is 0 Å². The number of hydrogen-bond donors (Lipinski definition) is 1. The van der Waals surface area contributed by atoms with Crippen molar-refractivity contribution in [3.05, 3.63) is 38.7 Å². The highest BCUT2D eigenvalue weighted by Gasteiger charge is 2.11. The molecule has 0 radical (unpaired) electrons. The zero-order valence-corrected chi connectivity index (χ0v) is 12.7. The van der Waals surface area contributed by atoms with Crippen LogP contribution in [0.4, 0.5) is 0 Å². The molecular formula is C13H12ClIN2O. The predicted molar refractivity (Wildman–Crippen MR) is 80.9 cm³/mol. The van der Waals surface area contributed by atoms with Crippen molar-refractivity contribution in [1.29, 1.82) is 0 Å². The number of phenols is 1. The lowest BCUT2D eigenvalue weighted by Gasteiger charge is -2.07. The molecule has 0 fully saturated rings. The molecule has 0 saturated carbocycles. The Kier molecular flexibility index (Phi) is 4.40. The molecule has 1 N–H and O–H groups in total. The highest BCUT2D eigenvalue weighted by Crippen LogP contribution is 2.26. The van der Waals surface area contributed by atoms with Gasteiger partial charge in [-0.25, -0.2) is 9.97 Å². The van der Waals surface area contributed by atoms with Crippen LogP contribution in [-0.4, -0.2) is 15.1 Å². The predicted octanol–water partition coefficient (Wildman–Crippen LogP) is 4.06. The summed E-state index contributed by atoms with van der Waals surface area (Å²) in [6.07, 6.45) is 1.87. The van der Waals surface area contributed by atoms with Gasteiger partial charge in [0.25, 0.3) is 0 Å². The van der Waals surface area contributed by atoms with Crippen molar-refractivity contribution >= 4 is 34.2 Å². The van der Waals surface area contributed by atoms with E-state index < -0.39 is 0 Å². The minimum atomic E-state index is 0.197. The lowest BCUT2D eigenvalue weighted by Crippen LogP contribution is -2.00. The van der Waals surface area contributed by atoms with E-state index >= 15 is 0 Å². The smallest absolute Gasteiger partial charge is 0.161 e. The molecule has 0 aliphatic rings. The number of benzene rings is 1. The lowest BCUT2D eigenvalue weighted by atomic mass is 10.2. The Labute approximate surface area is 124 Å². The summed E-state index contributed by atoms with van der Waals surface area (Å²) in [5.74, 6) is 0.752. The maximum Gasteiger partial charge on any atom is 0.161 e. The first-order valence-electron chi connectivity index (χ1n) is 5.63. The lowest BCUT2D eigenvalue weighted by molar-refractivity contribution is 0.475. The first kappa shape index (κ1) is 13.5. The quantitative estimate of drug-likeness (QED) is 0.651. The summed E-state index contributed by atoms with van der Waals surface area (Å²) in [6, 6.07) is 6.87. The average Bonchev–Trinajstić information content (AvgIpc) is 2.35. The number of rotatable bonds is 3. The monoisotopic (exact) mass is 374 g/mol. The van der Waals surface area contributed by atoms with Gasteiger partial charge >= 0.3 is 0 Å². The van der Waals surface area contributed by atoms with E-state index in [-0.39, 0.29) is 5.75 Å². The molecule has 2 rings (SSSR count). The van der Waals surface area contributed by atoms with E-state index in [4.69, 9.17) is 11.6 Å². The molecule has 0 bridgehead atoms. The minimum absolute atomic E-state index is 0.197. The Hall–Kier alpha value is -0.880. The third kappa shape index (κ3) is 2.92. The van der Waals surface area contributed by atoms with Gasteiger partial charge in [-0.3, -0.25) is 0 Å². The summed E-state index contributed by atoms with van der Waals surface area (Å²) in [7, 11) is 0. The number of nitrogens with zero attached hydrogens (tertiary/aromatic N) is 2. The van der Waals surface area contributed by atoms with Crippen LogP contribution in [-0.2, 0) is 6.42 Å². The highest BCUT2D eigenvalue weighted by atomic mass is 127. The zero-order chi connectivity index (χ0) is 13.1. The molecular weight excluding hydrogens is 363 g/mol. The second-order valence-electron chi connectivity index (χ2n) is 3.90. The Morgan fingerprint density at radius 1 is 1.33 bits per heavy atom. The molecule has 3 nitrogen and oxygen atoms in total. The average molecular weight is 375 g/mol. The Morgan fingerprint density at radius 2 is 2.11 bits per heavy atom. The molecule has 1 aromatic heterocycles. The normalized spacial score (nSPS) is 10.6. The van der Waals surface area contributed by atoms with Gasteiger partial charge in [-0.1, -0.05) is 37.1 Å². The molecule has 18 heavy (non-hydrogen) atoms. The summed E-state index contributed by atoms with van der Waals surface area (Å²) in [5.41, 5.74) is 1.72. The largest absolute Gasteiger partial charge is 0.508 e. The fourth-order valence-electron chi connectivity index (χ4n) is 1.64. The molecule has 0 aliphatic carbocycles. The van der Waals surface area contributed by atoms with Gasteiger partial charge in [-0.05, 0) is 41.1 Å². The SMILES string of the molecule is CCCc1nc(-c2cccc(O)c2)nc(Cl)c1I. The summed E-state index contributed by atoms with van der Waals surface area (Å²) in [5, 5.41) is 9.95. The van der Waals surface area contributed by atoms with Gasteiger partial charge in [0, 0.05) is 5.56 Å². The Balaban J connectivity index is 2.51. The van der Waals surface area contributed by atoms with Crippen molar-refractivity contribution < 1.29 is 5.11 Å². The van der Waals surface area contributed by atoms with E-state index in [0.717, 1.165) is 27.7 Å². The number of aryl methyl sites for hydroxylation is 1. The van der Waals surface area contributed by atoms with Gasteiger partial charge < -0.3 is 5.11 Å².